The van der Waals surface area contributed by atoms with Crippen LogP contribution in [0.2, 0.25) is 0 Å². The summed E-state index contributed by atoms with van der Waals surface area (Å²) in [5, 5.41) is 9.62. The number of aromatic nitrogens is 3. The molecule has 3 aromatic rings. The third-order valence-corrected chi connectivity index (χ3v) is 6.71. The predicted molar refractivity (Wildman–Crippen MR) is 134 cm³/mol. The fraction of sp³-hybridized carbons (Fsp3) is 0.360. The van der Waals surface area contributed by atoms with Crippen LogP contribution in [0.25, 0.3) is 5.69 Å². The molecular formula is C25H30N6O2S. The first-order valence-corrected chi connectivity index (χ1v) is 12.6. The van der Waals surface area contributed by atoms with Crippen molar-refractivity contribution < 1.29 is 9.59 Å². The van der Waals surface area contributed by atoms with Crippen molar-refractivity contribution in [2.24, 2.45) is 5.73 Å². The lowest BCUT2D eigenvalue weighted by molar-refractivity contribution is -0.129. The van der Waals surface area contributed by atoms with Gasteiger partial charge in [-0.2, -0.15) is 0 Å². The summed E-state index contributed by atoms with van der Waals surface area (Å²) >= 11 is 1.36. The maximum absolute atomic E-state index is 13.2. The first kappa shape index (κ1) is 23.8. The molecule has 1 fully saturated rings. The number of carbonyl (C=O) groups is 2. The highest BCUT2D eigenvalue weighted by molar-refractivity contribution is 7.99. The number of piperidine rings is 1. The van der Waals surface area contributed by atoms with Crippen LogP contribution in [-0.2, 0) is 16.1 Å². The Morgan fingerprint density at radius 2 is 1.62 bits per heavy atom. The molecule has 1 aromatic heterocycles. The van der Waals surface area contributed by atoms with Crippen molar-refractivity contribution in [2.45, 2.75) is 37.4 Å². The number of para-hydroxylation sites is 1. The van der Waals surface area contributed by atoms with Crippen molar-refractivity contribution in [1.82, 2.24) is 19.7 Å². The molecule has 2 heterocycles. The van der Waals surface area contributed by atoms with Crippen LogP contribution in [0.1, 0.15) is 31.2 Å². The molecule has 178 valence electrons. The molecule has 34 heavy (non-hydrogen) atoms. The minimum atomic E-state index is -0.423. The second-order valence-electron chi connectivity index (χ2n) is 8.31. The van der Waals surface area contributed by atoms with E-state index in [1.54, 1.807) is 4.90 Å². The SMILES string of the molecule is NC(=O)CCN(Cc1ccccc1)C(=O)CSc1nnc(N2CCCCC2)n1-c1ccccc1. The molecule has 1 saturated heterocycles. The van der Waals surface area contributed by atoms with Crippen LogP contribution in [0.15, 0.2) is 65.8 Å². The van der Waals surface area contributed by atoms with E-state index in [1.165, 1.54) is 18.2 Å². The number of amides is 2. The van der Waals surface area contributed by atoms with Crippen molar-refractivity contribution in [3.63, 3.8) is 0 Å². The zero-order valence-corrected chi connectivity index (χ0v) is 20.0. The van der Waals surface area contributed by atoms with Gasteiger partial charge >= 0.3 is 0 Å². The van der Waals surface area contributed by atoms with Crippen molar-refractivity contribution in [3.05, 3.63) is 66.2 Å². The van der Waals surface area contributed by atoms with Crippen LogP contribution in [0, 0.1) is 0 Å². The highest BCUT2D eigenvalue weighted by atomic mass is 32.2. The first-order chi connectivity index (χ1) is 16.6. The summed E-state index contributed by atoms with van der Waals surface area (Å²) in [5.41, 5.74) is 7.32. The number of rotatable bonds is 10. The summed E-state index contributed by atoms with van der Waals surface area (Å²) in [5.74, 6) is 0.512. The van der Waals surface area contributed by atoms with E-state index < -0.39 is 5.91 Å². The van der Waals surface area contributed by atoms with Gasteiger partial charge in [-0.1, -0.05) is 60.3 Å². The van der Waals surface area contributed by atoms with Gasteiger partial charge in [0.05, 0.1) is 11.4 Å². The van der Waals surface area contributed by atoms with E-state index in [4.69, 9.17) is 5.73 Å². The molecule has 0 saturated carbocycles. The van der Waals surface area contributed by atoms with Gasteiger partial charge in [0.2, 0.25) is 17.8 Å². The van der Waals surface area contributed by atoms with E-state index in [0.717, 1.165) is 43.1 Å². The Labute approximate surface area is 204 Å². The maximum Gasteiger partial charge on any atom is 0.233 e. The van der Waals surface area contributed by atoms with E-state index in [2.05, 4.69) is 15.1 Å². The van der Waals surface area contributed by atoms with Crippen molar-refractivity contribution in [2.75, 3.05) is 30.3 Å². The average Bonchev–Trinajstić information content (AvgIpc) is 3.30. The van der Waals surface area contributed by atoms with Gasteiger partial charge < -0.3 is 15.5 Å². The Hall–Kier alpha value is -3.33. The van der Waals surface area contributed by atoms with E-state index >= 15 is 0 Å². The molecule has 4 rings (SSSR count). The highest BCUT2D eigenvalue weighted by Crippen LogP contribution is 2.28. The van der Waals surface area contributed by atoms with E-state index in [0.29, 0.717) is 11.7 Å². The van der Waals surface area contributed by atoms with Crippen molar-refractivity contribution in [1.29, 1.82) is 0 Å². The lowest BCUT2D eigenvalue weighted by atomic mass is 10.1. The first-order valence-electron chi connectivity index (χ1n) is 11.6. The quantitative estimate of drug-likeness (QED) is 0.449. The lowest BCUT2D eigenvalue weighted by Crippen LogP contribution is -2.35. The van der Waals surface area contributed by atoms with Crippen LogP contribution in [-0.4, -0.2) is 56.9 Å². The minimum absolute atomic E-state index is 0.0720. The summed E-state index contributed by atoms with van der Waals surface area (Å²) in [6.45, 7) is 2.62. The number of nitrogens with two attached hydrogens (primary N) is 1. The molecule has 2 N–H and O–H groups in total. The molecule has 9 heteroatoms. The monoisotopic (exact) mass is 478 g/mol. The summed E-state index contributed by atoms with van der Waals surface area (Å²) in [7, 11) is 0. The molecule has 0 unspecified atom stereocenters. The zero-order valence-electron chi connectivity index (χ0n) is 19.2. The Balaban J connectivity index is 1.52. The maximum atomic E-state index is 13.2. The number of hydrogen-bond acceptors (Lipinski definition) is 6. The van der Waals surface area contributed by atoms with Crippen molar-refractivity contribution >= 4 is 29.5 Å². The van der Waals surface area contributed by atoms with Crippen LogP contribution >= 0.6 is 11.8 Å². The topological polar surface area (TPSA) is 97.3 Å². The number of primary amides is 1. The second kappa shape index (κ2) is 11.7. The Morgan fingerprint density at radius 1 is 0.941 bits per heavy atom. The molecular weight excluding hydrogens is 448 g/mol. The molecule has 0 atom stereocenters. The third-order valence-electron chi connectivity index (χ3n) is 5.79. The fourth-order valence-corrected chi connectivity index (χ4v) is 4.87. The van der Waals surface area contributed by atoms with Gasteiger partial charge in [-0.05, 0) is 37.0 Å². The number of anilines is 1. The Morgan fingerprint density at radius 3 is 2.29 bits per heavy atom. The minimum Gasteiger partial charge on any atom is -0.370 e. The predicted octanol–water partition coefficient (Wildman–Crippen LogP) is 3.25. The van der Waals surface area contributed by atoms with Gasteiger partial charge in [0.1, 0.15) is 0 Å². The summed E-state index contributed by atoms with van der Waals surface area (Å²) in [6.07, 6.45) is 3.63. The Kier molecular flexibility index (Phi) is 8.19. The number of nitrogens with zero attached hydrogens (tertiary/aromatic N) is 5. The van der Waals surface area contributed by atoms with Gasteiger partial charge in [-0.3, -0.25) is 14.2 Å². The fourth-order valence-electron chi connectivity index (χ4n) is 4.02. The Bertz CT molecular complexity index is 1080. The number of thioether (sulfide) groups is 1. The molecule has 0 radical (unpaired) electrons. The van der Waals surface area contributed by atoms with Gasteiger partial charge in [0, 0.05) is 32.6 Å². The number of carbonyl (C=O) groups excluding carboxylic acids is 2. The van der Waals surface area contributed by atoms with E-state index in [-0.39, 0.29) is 24.6 Å². The number of benzene rings is 2. The molecule has 0 spiro atoms. The van der Waals surface area contributed by atoms with Crippen LogP contribution in [0.5, 0.6) is 0 Å². The highest BCUT2D eigenvalue weighted by Gasteiger charge is 2.23. The molecule has 1 aliphatic heterocycles. The molecule has 8 nitrogen and oxygen atoms in total. The summed E-state index contributed by atoms with van der Waals surface area (Å²) < 4.78 is 2.04. The normalized spacial score (nSPS) is 13.6. The third kappa shape index (κ3) is 6.17. The zero-order chi connectivity index (χ0) is 23.8. The van der Waals surface area contributed by atoms with Gasteiger partial charge in [-0.15, -0.1) is 10.2 Å². The molecule has 0 aliphatic carbocycles. The largest absolute Gasteiger partial charge is 0.370 e. The summed E-state index contributed by atoms with van der Waals surface area (Å²) in [6, 6.07) is 19.7. The van der Waals surface area contributed by atoms with Crippen LogP contribution in [0.4, 0.5) is 5.95 Å². The summed E-state index contributed by atoms with van der Waals surface area (Å²) in [4.78, 5) is 28.5. The second-order valence-corrected chi connectivity index (χ2v) is 9.25. The standard InChI is InChI=1S/C25H30N6O2S/c26-22(32)14-17-30(18-20-10-4-1-5-11-20)23(33)19-34-25-28-27-24(29-15-8-3-9-16-29)31(25)21-12-6-2-7-13-21/h1-2,4-7,10-13H,3,8-9,14-19H2,(H2,26,32). The average molecular weight is 479 g/mol. The molecule has 2 aromatic carbocycles. The van der Waals surface area contributed by atoms with Crippen molar-refractivity contribution in [3.8, 4) is 5.69 Å². The van der Waals surface area contributed by atoms with Gasteiger partial charge in [0.15, 0.2) is 5.16 Å². The van der Waals surface area contributed by atoms with E-state index in [9.17, 15) is 9.59 Å². The lowest BCUT2D eigenvalue weighted by Gasteiger charge is -2.27. The molecule has 1 aliphatic rings. The van der Waals surface area contributed by atoms with Crippen LogP contribution in [0.3, 0.4) is 0 Å². The smallest absolute Gasteiger partial charge is 0.233 e. The van der Waals surface area contributed by atoms with Crippen LogP contribution < -0.4 is 10.6 Å². The molecule has 2 amide bonds. The van der Waals surface area contributed by atoms with Gasteiger partial charge in [0.25, 0.3) is 0 Å². The van der Waals surface area contributed by atoms with Gasteiger partial charge in [-0.25, -0.2) is 0 Å². The molecule has 0 bridgehead atoms. The van der Waals surface area contributed by atoms with E-state index in [1.807, 2.05) is 65.2 Å². The number of hydrogen-bond donors (Lipinski definition) is 1.